The number of rotatable bonds is 4. The van der Waals surface area contributed by atoms with Crippen molar-refractivity contribution in [2.24, 2.45) is 0 Å². The molecule has 3 aromatic heterocycles. The first-order valence-corrected chi connectivity index (χ1v) is 10.7. The highest BCUT2D eigenvalue weighted by atomic mass is 35.5. The number of alkyl halides is 3. The third-order valence-electron chi connectivity index (χ3n) is 5.31. The molecule has 0 fully saturated rings. The molecule has 0 saturated carbocycles. The zero-order valence-electron chi connectivity index (χ0n) is 18.5. The van der Waals surface area contributed by atoms with E-state index in [2.05, 4.69) is 25.3 Å². The number of hydrogen-bond acceptors (Lipinski definition) is 5. The Labute approximate surface area is 198 Å². The van der Waals surface area contributed by atoms with E-state index in [1.165, 1.54) is 0 Å². The number of halogens is 4. The van der Waals surface area contributed by atoms with Gasteiger partial charge in [0.1, 0.15) is 5.82 Å². The van der Waals surface area contributed by atoms with Crippen LogP contribution in [0.4, 0.5) is 18.9 Å². The lowest BCUT2D eigenvalue weighted by Crippen LogP contribution is -2.16. The largest absolute Gasteiger partial charge is 0.434 e. The van der Waals surface area contributed by atoms with Crippen LogP contribution >= 0.6 is 11.6 Å². The Morgan fingerprint density at radius 3 is 2.53 bits per heavy atom. The Balaban J connectivity index is 1.70. The van der Waals surface area contributed by atoms with Gasteiger partial charge in [0.25, 0.3) is 5.91 Å². The van der Waals surface area contributed by atoms with Crippen molar-refractivity contribution in [3.05, 3.63) is 76.1 Å². The van der Waals surface area contributed by atoms with Crippen LogP contribution in [-0.2, 0) is 12.6 Å². The number of carbonyl (C=O) groups excluding carboxylic acids is 1. The Morgan fingerprint density at radius 1 is 1.06 bits per heavy atom. The van der Waals surface area contributed by atoms with Crippen LogP contribution in [0.1, 0.15) is 40.1 Å². The second-order valence-electron chi connectivity index (χ2n) is 7.68. The number of aryl methyl sites for hydroxylation is 3. The van der Waals surface area contributed by atoms with E-state index in [0.29, 0.717) is 23.6 Å². The maximum atomic E-state index is 13.1. The Kier molecular flexibility index (Phi) is 6.22. The van der Waals surface area contributed by atoms with E-state index < -0.39 is 22.8 Å². The highest BCUT2D eigenvalue weighted by molar-refractivity contribution is 6.35. The quantitative estimate of drug-likeness (QED) is 0.372. The van der Waals surface area contributed by atoms with Gasteiger partial charge in [0, 0.05) is 41.1 Å². The molecule has 0 unspecified atom stereocenters. The summed E-state index contributed by atoms with van der Waals surface area (Å²) in [5, 5.41) is 2.65. The topological polar surface area (TPSA) is 80.7 Å². The molecule has 0 saturated heterocycles. The molecule has 0 aliphatic heterocycles. The van der Waals surface area contributed by atoms with E-state index >= 15 is 0 Å². The van der Waals surface area contributed by atoms with Crippen LogP contribution in [0.25, 0.3) is 22.2 Å². The molecule has 1 amide bonds. The number of benzene rings is 1. The van der Waals surface area contributed by atoms with Crippen molar-refractivity contribution in [2.45, 2.75) is 33.4 Å². The second-order valence-corrected chi connectivity index (χ2v) is 8.05. The van der Waals surface area contributed by atoms with Crippen molar-refractivity contribution in [3.8, 4) is 11.1 Å². The maximum Gasteiger partial charge on any atom is 0.434 e. The first kappa shape index (κ1) is 23.6. The van der Waals surface area contributed by atoms with Gasteiger partial charge < -0.3 is 5.32 Å². The molecule has 0 spiro atoms. The SMILES string of the molecule is CCc1ncc2cc(-c3cc(NC(=O)c4ccnc(C(F)(F)F)c4Cl)ccc3C)c(C)nc2n1. The number of amides is 1. The summed E-state index contributed by atoms with van der Waals surface area (Å²) in [5.41, 5.74) is 2.67. The molecule has 4 aromatic rings. The van der Waals surface area contributed by atoms with Crippen molar-refractivity contribution in [2.75, 3.05) is 5.32 Å². The molecule has 0 atom stereocenters. The molecular weight excluding hydrogens is 467 g/mol. The fraction of sp³-hybridized carbons (Fsp3) is 0.208. The van der Waals surface area contributed by atoms with Gasteiger partial charge >= 0.3 is 6.18 Å². The molecule has 174 valence electrons. The lowest BCUT2D eigenvalue weighted by atomic mass is 9.98. The number of nitrogens with zero attached hydrogens (tertiary/aromatic N) is 4. The predicted octanol–water partition coefficient (Wildman–Crippen LogP) is 6.19. The average molecular weight is 486 g/mol. The number of hydrogen-bond donors (Lipinski definition) is 1. The smallest absolute Gasteiger partial charge is 0.322 e. The molecule has 1 N–H and O–H groups in total. The first-order chi connectivity index (χ1) is 16.1. The molecular formula is C24H19ClF3N5O. The number of anilines is 1. The zero-order chi connectivity index (χ0) is 24.6. The molecule has 0 bridgehead atoms. The standard InChI is InChI=1S/C24H19ClF3N5O/c1-4-19-30-11-14-9-18(13(3)31-22(14)33-19)17-10-15(6-5-12(17)2)32-23(34)16-7-8-29-21(20(16)25)24(26,27)28/h5-11H,4H2,1-3H3,(H,32,34). The van der Waals surface area contributed by atoms with Crippen molar-refractivity contribution in [3.63, 3.8) is 0 Å². The number of pyridine rings is 2. The van der Waals surface area contributed by atoms with E-state index in [9.17, 15) is 18.0 Å². The Bertz CT molecular complexity index is 1420. The summed E-state index contributed by atoms with van der Waals surface area (Å²) in [6.45, 7) is 5.74. The minimum Gasteiger partial charge on any atom is -0.322 e. The molecule has 10 heteroatoms. The summed E-state index contributed by atoms with van der Waals surface area (Å²) < 4.78 is 39.3. The third kappa shape index (κ3) is 4.56. The van der Waals surface area contributed by atoms with Gasteiger partial charge in [-0.25, -0.2) is 15.0 Å². The summed E-state index contributed by atoms with van der Waals surface area (Å²) in [5.74, 6) is -0.0712. The van der Waals surface area contributed by atoms with Crippen LogP contribution in [-0.4, -0.2) is 25.8 Å². The molecule has 3 heterocycles. The average Bonchev–Trinajstić information content (AvgIpc) is 2.79. The number of fused-ring (bicyclic) bond motifs is 1. The van der Waals surface area contributed by atoms with E-state index in [-0.39, 0.29) is 5.56 Å². The van der Waals surface area contributed by atoms with E-state index in [1.807, 2.05) is 26.8 Å². The Morgan fingerprint density at radius 2 is 1.82 bits per heavy atom. The molecule has 6 nitrogen and oxygen atoms in total. The summed E-state index contributed by atoms with van der Waals surface area (Å²) >= 11 is 5.84. The molecule has 0 radical (unpaired) electrons. The second kappa shape index (κ2) is 8.98. The van der Waals surface area contributed by atoms with Crippen molar-refractivity contribution < 1.29 is 18.0 Å². The lowest BCUT2D eigenvalue weighted by Gasteiger charge is -2.14. The molecule has 1 aromatic carbocycles. The predicted molar refractivity (Wildman–Crippen MR) is 124 cm³/mol. The van der Waals surface area contributed by atoms with Gasteiger partial charge in [-0.1, -0.05) is 24.6 Å². The van der Waals surface area contributed by atoms with Gasteiger partial charge in [-0.05, 0) is 49.2 Å². The van der Waals surface area contributed by atoms with E-state index in [0.717, 1.165) is 40.0 Å². The van der Waals surface area contributed by atoms with Crippen LogP contribution in [0.5, 0.6) is 0 Å². The van der Waals surface area contributed by atoms with Crippen molar-refractivity contribution >= 4 is 34.2 Å². The van der Waals surface area contributed by atoms with Gasteiger partial charge in [0.05, 0.1) is 10.6 Å². The normalized spacial score (nSPS) is 11.6. The third-order valence-corrected chi connectivity index (χ3v) is 5.70. The van der Waals surface area contributed by atoms with Gasteiger partial charge in [0.15, 0.2) is 11.3 Å². The Hall–Kier alpha value is -3.59. The maximum absolute atomic E-state index is 13.1. The number of aromatic nitrogens is 4. The fourth-order valence-electron chi connectivity index (χ4n) is 3.54. The van der Waals surface area contributed by atoms with Gasteiger partial charge in [-0.15, -0.1) is 0 Å². The van der Waals surface area contributed by atoms with Crippen LogP contribution in [0.15, 0.2) is 42.7 Å². The summed E-state index contributed by atoms with van der Waals surface area (Å²) in [6, 6.07) is 8.28. The molecule has 34 heavy (non-hydrogen) atoms. The summed E-state index contributed by atoms with van der Waals surface area (Å²) in [7, 11) is 0. The van der Waals surface area contributed by atoms with Crippen LogP contribution in [0.3, 0.4) is 0 Å². The highest BCUT2D eigenvalue weighted by Crippen LogP contribution is 2.35. The zero-order valence-corrected chi connectivity index (χ0v) is 19.2. The minimum absolute atomic E-state index is 0.321. The van der Waals surface area contributed by atoms with Crippen molar-refractivity contribution in [1.29, 1.82) is 0 Å². The molecule has 0 aliphatic rings. The van der Waals surface area contributed by atoms with Crippen molar-refractivity contribution in [1.82, 2.24) is 19.9 Å². The fourth-order valence-corrected chi connectivity index (χ4v) is 3.84. The minimum atomic E-state index is -4.77. The number of nitrogens with one attached hydrogen (secondary N) is 1. The summed E-state index contributed by atoms with van der Waals surface area (Å²) in [6.07, 6.45) is -1.44. The van der Waals surface area contributed by atoms with Crippen LogP contribution < -0.4 is 5.32 Å². The summed E-state index contributed by atoms with van der Waals surface area (Å²) in [4.78, 5) is 29.4. The van der Waals surface area contributed by atoms with Gasteiger partial charge in [0.2, 0.25) is 0 Å². The van der Waals surface area contributed by atoms with Crippen LogP contribution in [0, 0.1) is 13.8 Å². The molecule has 4 rings (SSSR count). The monoisotopic (exact) mass is 485 g/mol. The van der Waals surface area contributed by atoms with E-state index in [4.69, 9.17) is 11.6 Å². The highest BCUT2D eigenvalue weighted by Gasteiger charge is 2.36. The van der Waals surface area contributed by atoms with Gasteiger partial charge in [-0.3, -0.25) is 9.78 Å². The van der Waals surface area contributed by atoms with Gasteiger partial charge in [-0.2, -0.15) is 13.2 Å². The first-order valence-electron chi connectivity index (χ1n) is 10.4. The lowest BCUT2D eigenvalue weighted by molar-refractivity contribution is -0.141. The number of carbonyl (C=O) groups is 1. The molecule has 0 aliphatic carbocycles. The van der Waals surface area contributed by atoms with Crippen LogP contribution in [0.2, 0.25) is 5.02 Å². The van der Waals surface area contributed by atoms with E-state index in [1.54, 1.807) is 24.4 Å².